The Bertz CT molecular complexity index is 1120. The monoisotopic (exact) mass is 386 g/mol. The van der Waals surface area contributed by atoms with Gasteiger partial charge in [-0.15, -0.1) is 0 Å². The lowest BCUT2D eigenvalue weighted by Crippen LogP contribution is -2.43. The summed E-state index contributed by atoms with van der Waals surface area (Å²) in [6.45, 7) is 17.2. The molecule has 2 heterocycles. The van der Waals surface area contributed by atoms with Crippen LogP contribution in [0.1, 0.15) is 44.6 Å². The Morgan fingerprint density at radius 3 is 2.38 bits per heavy atom. The molecule has 1 aliphatic rings. The second-order valence-corrected chi connectivity index (χ2v) is 8.24. The van der Waals surface area contributed by atoms with E-state index in [1.165, 1.54) is 22.3 Å². The SMILES string of the molecule is C=C/C(C)=C(\c1oc2c(C)cccc2c1C)N1c2ccccc2N(C(C)C)[C@H]1C. The predicted molar refractivity (Wildman–Crippen MR) is 124 cm³/mol. The van der Waals surface area contributed by atoms with Crippen molar-refractivity contribution in [2.75, 3.05) is 9.80 Å². The predicted octanol–water partition coefficient (Wildman–Crippen LogP) is 7.05. The third-order valence-electron chi connectivity index (χ3n) is 6.05. The number of allylic oxidation sites excluding steroid dienone is 2. The van der Waals surface area contributed by atoms with Crippen LogP contribution in [0.15, 0.2) is 65.1 Å². The number of rotatable bonds is 4. The highest BCUT2D eigenvalue weighted by atomic mass is 16.3. The minimum Gasteiger partial charge on any atom is -0.454 e. The van der Waals surface area contributed by atoms with Gasteiger partial charge in [0.1, 0.15) is 11.7 Å². The van der Waals surface area contributed by atoms with Crippen molar-refractivity contribution in [2.45, 2.75) is 53.8 Å². The second-order valence-electron chi connectivity index (χ2n) is 8.24. The average molecular weight is 387 g/mol. The Morgan fingerprint density at radius 1 is 1.07 bits per heavy atom. The maximum atomic E-state index is 6.52. The highest BCUT2D eigenvalue weighted by molar-refractivity contribution is 5.95. The number of fused-ring (bicyclic) bond motifs is 2. The zero-order valence-corrected chi connectivity index (χ0v) is 18.3. The Labute approximate surface area is 173 Å². The molecular weight excluding hydrogens is 356 g/mol. The van der Waals surface area contributed by atoms with Crippen LogP contribution >= 0.6 is 0 Å². The molecule has 3 aromatic rings. The van der Waals surface area contributed by atoms with Gasteiger partial charge in [0.15, 0.2) is 5.76 Å². The lowest BCUT2D eigenvalue weighted by Gasteiger charge is -2.34. The molecule has 0 amide bonds. The molecule has 2 aromatic carbocycles. The fourth-order valence-electron chi connectivity index (χ4n) is 4.62. The van der Waals surface area contributed by atoms with E-state index >= 15 is 0 Å². The molecule has 0 spiro atoms. The van der Waals surface area contributed by atoms with E-state index in [-0.39, 0.29) is 6.17 Å². The molecule has 0 bridgehead atoms. The van der Waals surface area contributed by atoms with Crippen LogP contribution in [0.25, 0.3) is 16.7 Å². The summed E-state index contributed by atoms with van der Waals surface area (Å²) in [6.07, 6.45) is 2.10. The van der Waals surface area contributed by atoms with E-state index in [4.69, 9.17) is 4.42 Å². The maximum absolute atomic E-state index is 6.52. The summed E-state index contributed by atoms with van der Waals surface area (Å²) in [5, 5.41) is 1.18. The minimum atomic E-state index is 0.172. The summed E-state index contributed by atoms with van der Waals surface area (Å²) in [5.41, 5.74) is 7.97. The molecule has 0 N–H and O–H groups in total. The molecule has 0 aliphatic carbocycles. The molecule has 1 atom stereocenters. The highest BCUT2D eigenvalue weighted by Crippen LogP contribution is 2.47. The molecule has 0 saturated carbocycles. The Morgan fingerprint density at radius 2 is 1.76 bits per heavy atom. The van der Waals surface area contributed by atoms with Crippen LogP contribution in [-0.2, 0) is 0 Å². The van der Waals surface area contributed by atoms with Crippen LogP contribution in [0.2, 0.25) is 0 Å². The van der Waals surface area contributed by atoms with Gasteiger partial charge in [-0.25, -0.2) is 0 Å². The molecule has 0 saturated heterocycles. The molecule has 150 valence electrons. The zero-order valence-electron chi connectivity index (χ0n) is 18.3. The van der Waals surface area contributed by atoms with Gasteiger partial charge >= 0.3 is 0 Å². The van der Waals surface area contributed by atoms with Gasteiger partial charge in [-0.1, -0.05) is 43.0 Å². The van der Waals surface area contributed by atoms with Gasteiger partial charge in [0.05, 0.1) is 17.1 Å². The van der Waals surface area contributed by atoms with Gasteiger partial charge in [0.2, 0.25) is 0 Å². The van der Waals surface area contributed by atoms with Crippen molar-refractivity contribution in [3.63, 3.8) is 0 Å². The first-order valence-corrected chi connectivity index (χ1v) is 10.4. The number of aryl methyl sites for hydroxylation is 2. The average Bonchev–Trinajstić information content (AvgIpc) is 3.18. The number of nitrogens with zero attached hydrogens (tertiary/aromatic N) is 2. The quantitative estimate of drug-likeness (QED) is 0.448. The van der Waals surface area contributed by atoms with E-state index in [9.17, 15) is 0 Å². The number of benzene rings is 2. The van der Waals surface area contributed by atoms with E-state index < -0.39 is 0 Å². The summed E-state index contributed by atoms with van der Waals surface area (Å²) >= 11 is 0. The first-order valence-electron chi connectivity index (χ1n) is 10.4. The first-order chi connectivity index (χ1) is 13.9. The van der Waals surface area contributed by atoms with Crippen molar-refractivity contribution in [2.24, 2.45) is 0 Å². The topological polar surface area (TPSA) is 19.6 Å². The van der Waals surface area contributed by atoms with Gasteiger partial charge in [-0.05, 0) is 64.8 Å². The van der Waals surface area contributed by atoms with Crippen LogP contribution in [0.4, 0.5) is 11.4 Å². The summed E-state index contributed by atoms with van der Waals surface area (Å²) in [7, 11) is 0. The second kappa shape index (κ2) is 7.14. The molecule has 29 heavy (non-hydrogen) atoms. The molecule has 0 fully saturated rings. The molecule has 1 aromatic heterocycles. The van der Waals surface area contributed by atoms with Crippen LogP contribution in [0.5, 0.6) is 0 Å². The van der Waals surface area contributed by atoms with Gasteiger partial charge < -0.3 is 14.2 Å². The molecule has 1 aliphatic heterocycles. The number of furan rings is 1. The van der Waals surface area contributed by atoms with Gasteiger partial charge in [0, 0.05) is 17.0 Å². The first kappa shape index (κ1) is 19.4. The standard InChI is InChI=1S/C26H30N2O/c1-8-17(4)24(26-19(6)21-13-11-12-18(5)25(21)29-26)28-20(7)27(16(2)3)22-14-9-10-15-23(22)28/h8-16,20H,1H2,2-7H3/b24-17+/t20-/m1/s1. The van der Waals surface area contributed by atoms with Crippen LogP contribution in [0, 0.1) is 13.8 Å². The lowest BCUT2D eigenvalue weighted by atomic mass is 10.0. The molecule has 3 nitrogen and oxygen atoms in total. The van der Waals surface area contributed by atoms with E-state index in [0.717, 1.165) is 28.2 Å². The Hall–Kier alpha value is -2.94. The number of para-hydroxylation sites is 3. The Balaban J connectivity index is 1.99. The Kier molecular flexibility index (Phi) is 4.77. The number of hydrogen-bond acceptors (Lipinski definition) is 3. The minimum absolute atomic E-state index is 0.172. The normalized spacial score (nSPS) is 17.1. The van der Waals surface area contributed by atoms with Crippen molar-refractivity contribution in [3.05, 3.63) is 77.6 Å². The van der Waals surface area contributed by atoms with E-state index in [0.29, 0.717) is 6.04 Å². The van der Waals surface area contributed by atoms with Gasteiger partial charge in [-0.3, -0.25) is 0 Å². The van der Waals surface area contributed by atoms with E-state index in [1.807, 2.05) is 6.08 Å². The summed E-state index contributed by atoms with van der Waals surface area (Å²) < 4.78 is 6.52. The molecule has 4 rings (SSSR count). The third kappa shape index (κ3) is 2.88. The van der Waals surface area contributed by atoms with Crippen molar-refractivity contribution >= 4 is 28.0 Å². The lowest BCUT2D eigenvalue weighted by molar-refractivity contribution is 0.574. The molecule has 0 unspecified atom stereocenters. The van der Waals surface area contributed by atoms with Crippen LogP contribution in [0.3, 0.4) is 0 Å². The van der Waals surface area contributed by atoms with E-state index in [2.05, 4.69) is 100 Å². The number of anilines is 2. The molecule has 3 heteroatoms. The van der Waals surface area contributed by atoms with Gasteiger partial charge in [0.25, 0.3) is 0 Å². The van der Waals surface area contributed by atoms with E-state index in [1.54, 1.807) is 0 Å². The highest BCUT2D eigenvalue weighted by Gasteiger charge is 2.38. The summed E-state index contributed by atoms with van der Waals surface area (Å²) in [5.74, 6) is 0.930. The van der Waals surface area contributed by atoms with Crippen molar-refractivity contribution in [3.8, 4) is 0 Å². The molecule has 0 radical (unpaired) electrons. The zero-order chi connectivity index (χ0) is 20.9. The molecular formula is C26H30N2O. The number of hydrogen-bond donors (Lipinski definition) is 0. The van der Waals surface area contributed by atoms with Crippen LogP contribution in [-0.4, -0.2) is 12.2 Å². The third-order valence-corrected chi connectivity index (χ3v) is 6.05. The smallest absolute Gasteiger partial charge is 0.155 e. The summed E-state index contributed by atoms with van der Waals surface area (Å²) in [4.78, 5) is 4.88. The fourth-order valence-corrected chi connectivity index (χ4v) is 4.62. The van der Waals surface area contributed by atoms with Crippen molar-refractivity contribution < 1.29 is 4.42 Å². The largest absolute Gasteiger partial charge is 0.454 e. The van der Waals surface area contributed by atoms with Crippen molar-refractivity contribution in [1.29, 1.82) is 0 Å². The van der Waals surface area contributed by atoms with Gasteiger partial charge in [-0.2, -0.15) is 0 Å². The van der Waals surface area contributed by atoms with Crippen molar-refractivity contribution in [1.82, 2.24) is 0 Å². The van der Waals surface area contributed by atoms with Crippen LogP contribution < -0.4 is 9.80 Å². The fraction of sp³-hybridized carbons (Fsp3) is 0.308. The summed E-state index contributed by atoms with van der Waals surface area (Å²) in [6, 6.07) is 15.4. The maximum Gasteiger partial charge on any atom is 0.155 e.